The number of benzene rings is 1. The van der Waals surface area contributed by atoms with Gasteiger partial charge in [-0.3, -0.25) is 4.79 Å². The second-order valence-electron chi connectivity index (χ2n) is 3.51. The first-order chi connectivity index (χ1) is 8.77. The summed E-state index contributed by atoms with van der Waals surface area (Å²) in [5, 5.41) is 2.31. The van der Waals surface area contributed by atoms with E-state index in [1.807, 2.05) is 0 Å². The molecule has 0 fully saturated rings. The van der Waals surface area contributed by atoms with E-state index >= 15 is 0 Å². The molecular weight excluding hydrogens is 310 g/mol. The Balaban J connectivity index is 3.10. The van der Waals surface area contributed by atoms with Crippen LogP contribution in [0.4, 0.5) is 0 Å². The number of sulfonamides is 1. The number of thiocarbonyl (C=S) groups is 1. The second kappa shape index (κ2) is 6.29. The van der Waals surface area contributed by atoms with Crippen LogP contribution in [0.5, 0.6) is 0 Å². The van der Waals surface area contributed by atoms with Crippen LogP contribution in [0.3, 0.4) is 0 Å². The number of hydrogen-bond donors (Lipinski definition) is 3. The zero-order valence-electron chi connectivity index (χ0n) is 9.94. The molecule has 0 radical (unpaired) electrons. The predicted molar refractivity (Wildman–Crippen MR) is 76.6 cm³/mol. The van der Waals surface area contributed by atoms with Crippen LogP contribution in [-0.4, -0.2) is 32.9 Å². The van der Waals surface area contributed by atoms with Gasteiger partial charge in [0.2, 0.25) is 15.9 Å². The van der Waals surface area contributed by atoms with Crippen LogP contribution in [0.2, 0.25) is 5.02 Å². The fourth-order valence-corrected chi connectivity index (χ4v) is 2.82. The van der Waals surface area contributed by atoms with E-state index in [0.717, 1.165) is 0 Å². The van der Waals surface area contributed by atoms with E-state index in [0.29, 0.717) is 5.56 Å². The average molecular weight is 322 g/mol. The first kappa shape index (κ1) is 15.8. The summed E-state index contributed by atoms with van der Waals surface area (Å²) in [6.07, 6.45) is 0. The molecule has 1 rings (SSSR count). The predicted octanol–water partition coefficient (Wildman–Crippen LogP) is -0.00150. The molecule has 6 nitrogen and oxygen atoms in total. The second-order valence-corrected chi connectivity index (χ2v) is 6.09. The molecule has 104 valence electrons. The Morgan fingerprint density at radius 2 is 2.11 bits per heavy atom. The number of amides is 1. The van der Waals surface area contributed by atoms with Crippen molar-refractivity contribution in [3.05, 3.63) is 28.8 Å². The summed E-state index contributed by atoms with van der Waals surface area (Å²) in [7, 11) is -2.51. The Morgan fingerprint density at radius 3 is 2.63 bits per heavy atom. The molecule has 0 atom stereocenters. The van der Waals surface area contributed by atoms with Crippen LogP contribution >= 0.6 is 23.8 Å². The third-order valence-electron chi connectivity index (χ3n) is 2.21. The van der Waals surface area contributed by atoms with Crippen LogP contribution in [0, 0.1) is 0 Å². The SMILES string of the molecule is CNC(=O)CNS(=O)(=O)c1cc(C(N)=S)ccc1Cl. The molecule has 0 aliphatic rings. The maximum atomic E-state index is 12.0. The van der Waals surface area contributed by atoms with E-state index < -0.39 is 15.9 Å². The van der Waals surface area contributed by atoms with Crippen molar-refractivity contribution in [1.29, 1.82) is 0 Å². The van der Waals surface area contributed by atoms with E-state index in [1.54, 1.807) is 0 Å². The van der Waals surface area contributed by atoms with Crippen molar-refractivity contribution in [3.8, 4) is 0 Å². The molecule has 1 amide bonds. The number of likely N-dealkylation sites (N-methyl/N-ethyl adjacent to an activating group) is 1. The van der Waals surface area contributed by atoms with Crippen LogP contribution in [0.15, 0.2) is 23.1 Å². The molecule has 0 aliphatic carbocycles. The molecule has 1 aromatic carbocycles. The van der Waals surface area contributed by atoms with Crippen molar-refractivity contribution in [1.82, 2.24) is 10.0 Å². The van der Waals surface area contributed by atoms with Gasteiger partial charge in [0.15, 0.2) is 0 Å². The molecule has 9 heteroatoms. The zero-order chi connectivity index (χ0) is 14.6. The summed E-state index contributed by atoms with van der Waals surface area (Å²) >= 11 is 10.6. The summed E-state index contributed by atoms with van der Waals surface area (Å²) in [4.78, 5) is 10.9. The summed E-state index contributed by atoms with van der Waals surface area (Å²) in [5.74, 6) is -0.467. The van der Waals surface area contributed by atoms with Gasteiger partial charge in [-0.1, -0.05) is 29.9 Å². The highest BCUT2D eigenvalue weighted by Gasteiger charge is 2.19. The third-order valence-corrected chi connectivity index (χ3v) is 4.33. The molecule has 0 saturated carbocycles. The minimum atomic E-state index is -3.91. The Bertz CT molecular complexity index is 616. The molecule has 0 aromatic heterocycles. The number of nitrogens with two attached hydrogens (primary N) is 1. The lowest BCUT2D eigenvalue weighted by atomic mass is 10.2. The molecule has 0 heterocycles. The van der Waals surface area contributed by atoms with Crippen LogP contribution in [0.25, 0.3) is 0 Å². The standard InChI is InChI=1S/C10H12ClN3O3S2/c1-13-9(15)5-14-19(16,17)8-4-6(10(12)18)2-3-7(8)11/h2-4,14H,5H2,1H3,(H2,12,18)(H,13,15). The number of halogens is 1. The maximum absolute atomic E-state index is 12.0. The summed E-state index contributed by atoms with van der Waals surface area (Å²) in [5.41, 5.74) is 5.80. The van der Waals surface area contributed by atoms with Crippen molar-refractivity contribution in [2.75, 3.05) is 13.6 Å². The fourth-order valence-electron chi connectivity index (χ4n) is 1.19. The van der Waals surface area contributed by atoms with Gasteiger partial charge in [-0.25, -0.2) is 13.1 Å². The Hall–Kier alpha value is -1.22. The largest absolute Gasteiger partial charge is 0.389 e. The molecule has 4 N–H and O–H groups in total. The highest BCUT2D eigenvalue weighted by molar-refractivity contribution is 7.89. The first-order valence-corrected chi connectivity index (χ1v) is 7.34. The van der Waals surface area contributed by atoms with Gasteiger partial charge in [0, 0.05) is 12.6 Å². The minimum Gasteiger partial charge on any atom is -0.389 e. The molecule has 0 saturated heterocycles. The Labute approximate surface area is 121 Å². The van der Waals surface area contributed by atoms with Crippen molar-refractivity contribution >= 4 is 44.7 Å². The Morgan fingerprint density at radius 1 is 1.47 bits per heavy atom. The molecule has 0 bridgehead atoms. The number of hydrogen-bond acceptors (Lipinski definition) is 4. The molecule has 0 unspecified atom stereocenters. The van der Waals surface area contributed by atoms with Crippen LogP contribution in [-0.2, 0) is 14.8 Å². The fraction of sp³-hybridized carbons (Fsp3) is 0.200. The van der Waals surface area contributed by atoms with Gasteiger partial charge in [-0.15, -0.1) is 0 Å². The quantitative estimate of drug-likeness (QED) is 0.663. The smallest absolute Gasteiger partial charge is 0.242 e. The number of rotatable bonds is 5. The van der Waals surface area contributed by atoms with Gasteiger partial charge in [-0.05, 0) is 12.1 Å². The lowest BCUT2D eigenvalue weighted by molar-refractivity contribution is -0.119. The highest BCUT2D eigenvalue weighted by Crippen LogP contribution is 2.22. The van der Waals surface area contributed by atoms with Crippen LogP contribution < -0.4 is 15.8 Å². The van der Waals surface area contributed by atoms with Gasteiger partial charge in [0.1, 0.15) is 9.88 Å². The normalized spacial score (nSPS) is 11.1. The van der Waals surface area contributed by atoms with E-state index in [9.17, 15) is 13.2 Å². The average Bonchev–Trinajstić information content (AvgIpc) is 2.36. The van der Waals surface area contributed by atoms with E-state index in [-0.39, 0.29) is 21.5 Å². The van der Waals surface area contributed by atoms with Crippen molar-refractivity contribution < 1.29 is 13.2 Å². The zero-order valence-corrected chi connectivity index (χ0v) is 12.3. The number of carbonyl (C=O) groups excluding carboxylic acids is 1. The molecule has 19 heavy (non-hydrogen) atoms. The van der Waals surface area contributed by atoms with Crippen molar-refractivity contribution in [2.24, 2.45) is 5.73 Å². The van der Waals surface area contributed by atoms with Gasteiger partial charge in [0.25, 0.3) is 0 Å². The maximum Gasteiger partial charge on any atom is 0.242 e. The van der Waals surface area contributed by atoms with E-state index in [4.69, 9.17) is 29.6 Å². The molecule has 0 aliphatic heterocycles. The third kappa shape index (κ3) is 4.13. The van der Waals surface area contributed by atoms with Crippen molar-refractivity contribution in [2.45, 2.75) is 4.90 Å². The first-order valence-electron chi connectivity index (χ1n) is 5.07. The minimum absolute atomic E-state index is 0.0180. The lowest BCUT2D eigenvalue weighted by Crippen LogP contribution is -2.35. The monoisotopic (exact) mass is 321 g/mol. The van der Waals surface area contributed by atoms with Crippen LogP contribution in [0.1, 0.15) is 5.56 Å². The number of nitrogens with one attached hydrogen (secondary N) is 2. The summed E-state index contributed by atoms with van der Waals surface area (Å²) < 4.78 is 26.1. The van der Waals surface area contributed by atoms with E-state index in [1.165, 1.54) is 25.2 Å². The molecular formula is C10H12ClN3O3S2. The van der Waals surface area contributed by atoms with Gasteiger partial charge in [-0.2, -0.15) is 0 Å². The summed E-state index contributed by atoms with van der Waals surface area (Å²) in [6.45, 7) is -0.382. The molecule has 0 spiro atoms. The topological polar surface area (TPSA) is 101 Å². The molecule has 1 aromatic rings. The summed E-state index contributed by atoms with van der Waals surface area (Å²) in [6, 6.07) is 4.16. The highest BCUT2D eigenvalue weighted by atomic mass is 35.5. The van der Waals surface area contributed by atoms with Gasteiger partial charge >= 0.3 is 0 Å². The lowest BCUT2D eigenvalue weighted by Gasteiger charge is -2.09. The van der Waals surface area contributed by atoms with Crippen molar-refractivity contribution in [3.63, 3.8) is 0 Å². The Kier molecular flexibility index (Phi) is 5.24. The number of carbonyl (C=O) groups is 1. The van der Waals surface area contributed by atoms with Gasteiger partial charge < -0.3 is 11.1 Å². The van der Waals surface area contributed by atoms with E-state index in [2.05, 4.69) is 10.0 Å². The van der Waals surface area contributed by atoms with Gasteiger partial charge in [0.05, 0.1) is 11.6 Å².